The van der Waals surface area contributed by atoms with Crippen molar-refractivity contribution in [3.8, 4) is 22.4 Å². The normalized spacial score (nSPS) is 15.0. The fraction of sp³-hybridized carbons (Fsp3) is 0.273. The summed E-state index contributed by atoms with van der Waals surface area (Å²) in [7, 11) is 0. The van der Waals surface area contributed by atoms with Gasteiger partial charge in [0.2, 0.25) is 5.95 Å². The molecule has 1 saturated carbocycles. The Kier molecular flexibility index (Phi) is 4.73. The molecule has 0 atom stereocenters. The zero-order chi connectivity index (χ0) is 16.9. The maximum atomic E-state index is 4.89. The van der Waals surface area contributed by atoms with Crippen molar-refractivity contribution in [1.82, 2.24) is 9.97 Å². The van der Waals surface area contributed by atoms with E-state index in [4.69, 9.17) is 4.98 Å². The van der Waals surface area contributed by atoms with E-state index in [0.29, 0.717) is 6.04 Å². The van der Waals surface area contributed by atoms with Crippen LogP contribution in [0.1, 0.15) is 32.1 Å². The minimum Gasteiger partial charge on any atom is -0.351 e. The Hall–Kier alpha value is -2.68. The standard InChI is InChI=1S/C22H23N3/c1-4-10-17(11-5-1)20-16-23-22(24-19-14-8-3-9-15-19)25-21(20)18-12-6-2-7-13-18/h1-2,4-7,10-13,16,19H,3,8-9,14-15H2,(H,23,24,25). The highest BCUT2D eigenvalue weighted by Gasteiger charge is 2.16. The number of rotatable bonds is 4. The molecule has 0 saturated heterocycles. The van der Waals surface area contributed by atoms with Crippen molar-refractivity contribution in [2.75, 3.05) is 5.32 Å². The summed E-state index contributed by atoms with van der Waals surface area (Å²) >= 11 is 0. The molecule has 1 fully saturated rings. The number of nitrogens with zero attached hydrogens (tertiary/aromatic N) is 2. The third kappa shape index (κ3) is 3.71. The third-order valence-electron chi connectivity index (χ3n) is 4.86. The molecule has 0 spiro atoms. The summed E-state index contributed by atoms with van der Waals surface area (Å²) in [6.07, 6.45) is 8.32. The predicted molar refractivity (Wildman–Crippen MR) is 103 cm³/mol. The van der Waals surface area contributed by atoms with E-state index in [1.54, 1.807) is 0 Å². The van der Waals surface area contributed by atoms with E-state index < -0.39 is 0 Å². The van der Waals surface area contributed by atoms with Crippen LogP contribution in [0.25, 0.3) is 22.4 Å². The molecule has 1 N–H and O–H groups in total. The van der Waals surface area contributed by atoms with Crippen LogP contribution in [0.4, 0.5) is 5.95 Å². The lowest BCUT2D eigenvalue weighted by molar-refractivity contribution is 0.461. The maximum absolute atomic E-state index is 4.89. The minimum atomic E-state index is 0.500. The van der Waals surface area contributed by atoms with E-state index in [1.165, 1.54) is 32.1 Å². The molecular weight excluding hydrogens is 306 g/mol. The van der Waals surface area contributed by atoms with Gasteiger partial charge in [0.05, 0.1) is 5.69 Å². The molecule has 0 radical (unpaired) electrons. The van der Waals surface area contributed by atoms with Crippen LogP contribution >= 0.6 is 0 Å². The lowest BCUT2D eigenvalue weighted by Crippen LogP contribution is -2.23. The van der Waals surface area contributed by atoms with Gasteiger partial charge in [0.15, 0.2) is 0 Å². The molecule has 0 amide bonds. The average Bonchev–Trinajstić information content (AvgIpc) is 2.70. The maximum Gasteiger partial charge on any atom is 0.223 e. The number of hydrogen-bond donors (Lipinski definition) is 1. The van der Waals surface area contributed by atoms with Crippen molar-refractivity contribution < 1.29 is 0 Å². The molecular formula is C22H23N3. The first-order chi connectivity index (χ1) is 12.4. The number of hydrogen-bond acceptors (Lipinski definition) is 3. The van der Waals surface area contributed by atoms with Gasteiger partial charge in [-0.05, 0) is 18.4 Å². The van der Waals surface area contributed by atoms with Crippen LogP contribution in [0.5, 0.6) is 0 Å². The van der Waals surface area contributed by atoms with E-state index in [2.05, 4.69) is 58.8 Å². The molecule has 1 aliphatic rings. The fourth-order valence-electron chi connectivity index (χ4n) is 3.53. The highest BCUT2D eigenvalue weighted by molar-refractivity contribution is 5.80. The Morgan fingerprint density at radius 1 is 0.760 bits per heavy atom. The van der Waals surface area contributed by atoms with Gasteiger partial charge in [-0.15, -0.1) is 0 Å². The van der Waals surface area contributed by atoms with Gasteiger partial charge in [0.1, 0.15) is 0 Å². The smallest absolute Gasteiger partial charge is 0.223 e. The zero-order valence-electron chi connectivity index (χ0n) is 14.4. The van der Waals surface area contributed by atoms with Gasteiger partial charge in [-0.2, -0.15) is 0 Å². The van der Waals surface area contributed by atoms with Crippen LogP contribution in [-0.4, -0.2) is 16.0 Å². The molecule has 4 rings (SSSR count). The highest BCUT2D eigenvalue weighted by atomic mass is 15.1. The SMILES string of the molecule is c1ccc(-c2cnc(NC3CCCCC3)nc2-c2ccccc2)cc1. The first-order valence-corrected chi connectivity index (χ1v) is 9.14. The fourth-order valence-corrected chi connectivity index (χ4v) is 3.53. The van der Waals surface area contributed by atoms with Gasteiger partial charge in [0.25, 0.3) is 0 Å². The van der Waals surface area contributed by atoms with Crippen LogP contribution < -0.4 is 5.32 Å². The van der Waals surface area contributed by atoms with Crippen molar-refractivity contribution in [2.24, 2.45) is 0 Å². The summed E-state index contributed by atoms with van der Waals surface area (Å²) in [4.78, 5) is 9.50. The molecule has 3 nitrogen and oxygen atoms in total. The molecule has 1 aliphatic carbocycles. The van der Waals surface area contributed by atoms with Crippen molar-refractivity contribution in [3.05, 3.63) is 66.9 Å². The quantitative estimate of drug-likeness (QED) is 0.681. The zero-order valence-corrected chi connectivity index (χ0v) is 14.4. The largest absolute Gasteiger partial charge is 0.351 e. The predicted octanol–water partition coefficient (Wildman–Crippen LogP) is 5.56. The van der Waals surface area contributed by atoms with Crippen LogP contribution in [0.3, 0.4) is 0 Å². The van der Waals surface area contributed by atoms with Gasteiger partial charge in [0, 0.05) is 23.4 Å². The molecule has 3 aromatic rings. The van der Waals surface area contributed by atoms with E-state index in [-0.39, 0.29) is 0 Å². The van der Waals surface area contributed by atoms with Gasteiger partial charge in [-0.1, -0.05) is 79.9 Å². The van der Waals surface area contributed by atoms with Crippen LogP contribution in [0.15, 0.2) is 66.9 Å². The Labute approximate surface area is 149 Å². The Bertz CT molecular complexity index is 809. The van der Waals surface area contributed by atoms with Crippen molar-refractivity contribution in [1.29, 1.82) is 0 Å². The van der Waals surface area contributed by atoms with Crippen molar-refractivity contribution in [2.45, 2.75) is 38.1 Å². The molecule has 1 aromatic heterocycles. The van der Waals surface area contributed by atoms with Gasteiger partial charge in [-0.25, -0.2) is 9.97 Å². The topological polar surface area (TPSA) is 37.8 Å². The summed E-state index contributed by atoms with van der Waals surface area (Å²) in [5.41, 5.74) is 4.32. The van der Waals surface area contributed by atoms with Crippen LogP contribution in [0, 0.1) is 0 Å². The van der Waals surface area contributed by atoms with E-state index in [1.807, 2.05) is 18.3 Å². The number of anilines is 1. The summed E-state index contributed by atoms with van der Waals surface area (Å²) in [6, 6.07) is 21.2. The number of aromatic nitrogens is 2. The summed E-state index contributed by atoms with van der Waals surface area (Å²) in [5, 5.41) is 3.55. The van der Waals surface area contributed by atoms with Crippen molar-refractivity contribution >= 4 is 5.95 Å². The molecule has 0 aliphatic heterocycles. The average molecular weight is 329 g/mol. The second kappa shape index (κ2) is 7.47. The second-order valence-corrected chi connectivity index (χ2v) is 6.67. The Morgan fingerprint density at radius 2 is 1.40 bits per heavy atom. The summed E-state index contributed by atoms with van der Waals surface area (Å²) in [5.74, 6) is 0.741. The van der Waals surface area contributed by atoms with E-state index in [9.17, 15) is 0 Å². The molecule has 126 valence electrons. The first kappa shape index (κ1) is 15.8. The Morgan fingerprint density at radius 3 is 2.08 bits per heavy atom. The highest BCUT2D eigenvalue weighted by Crippen LogP contribution is 2.31. The molecule has 0 bridgehead atoms. The molecule has 0 unspecified atom stereocenters. The van der Waals surface area contributed by atoms with Gasteiger partial charge < -0.3 is 5.32 Å². The van der Waals surface area contributed by atoms with E-state index in [0.717, 1.165) is 28.3 Å². The lowest BCUT2D eigenvalue weighted by atomic mass is 9.96. The second-order valence-electron chi connectivity index (χ2n) is 6.67. The lowest BCUT2D eigenvalue weighted by Gasteiger charge is -2.23. The molecule has 1 heterocycles. The Balaban J connectivity index is 1.72. The van der Waals surface area contributed by atoms with Crippen molar-refractivity contribution in [3.63, 3.8) is 0 Å². The van der Waals surface area contributed by atoms with Gasteiger partial charge >= 0.3 is 0 Å². The van der Waals surface area contributed by atoms with Crippen LogP contribution in [0.2, 0.25) is 0 Å². The summed E-state index contributed by atoms with van der Waals surface area (Å²) < 4.78 is 0. The van der Waals surface area contributed by atoms with Crippen LogP contribution in [-0.2, 0) is 0 Å². The summed E-state index contributed by atoms with van der Waals surface area (Å²) in [6.45, 7) is 0. The monoisotopic (exact) mass is 329 g/mol. The first-order valence-electron chi connectivity index (χ1n) is 9.14. The van der Waals surface area contributed by atoms with E-state index >= 15 is 0 Å². The number of benzene rings is 2. The molecule has 25 heavy (non-hydrogen) atoms. The number of nitrogens with one attached hydrogen (secondary N) is 1. The van der Waals surface area contributed by atoms with Gasteiger partial charge in [-0.3, -0.25) is 0 Å². The molecule has 2 aromatic carbocycles. The minimum absolute atomic E-state index is 0.500. The molecule has 3 heteroatoms. The third-order valence-corrected chi connectivity index (χ3v) is 4.86.